The van der Waals surface area contributed by atoms with E-state index in [1.807, 2.05) is 0 Å². The normalized spacial score (nSPS) is 19.1. The van der Waals surface area contributed by atoms with Crippen LogP contribution < -0.4 is 10.6 Å². The summed E-state index contributed by atoms with van der Waals surface area (Å²) in [5.74, 6) is -0.592. The number of anilines is 1. The van der Waals surface area contributed by atoms with Crippen molar-refractivity contribution in [1.82, 2.24) is 10.2 Å². The number of amides is 1. The van der Waals surface area contributed by atoms with Crippen molar-refractivity contribution in [3.63, 3.8) is 0 Å². The van der Waals surface area contributed by atoms with Gasteiger partial charge < -0.3 is 20.3 Å². The van der Waals surface area contributed by atoms with Gasteiger partial charge in [-0.15, -0.1) is 0 Å². The van der Waals surface area contributed by atoms with Crippen LogP contribution in [0.5, 0.6) is 0 Å². The van der Waals surface area contributed by atoms with Crippen LogP contribution in [0.2, 0.25) is 0 Å². The van der Waals surface area contributed by atoms with E-state index >= 15 is 0 Å². The van der Waals surface area contributed by atoms with Crippen molar-refractivity contribution >= 4 is 29.4 Å². The molecule has 0 aliphatic carbocycles. The molecule has 4 rings (SSSR count). The largest absolute Gasteiger partial charge is 0.418 e. The quantitative estimate of drug-likeness (QED) is 0.341. The predicted octanol–water partition coefficient (Wildman–Crippen LogP) is 5.91. The third kappa shape index (κ3) is 7.23. The number of morpholine rings is 1. The Morgan fingerprint density at radius 3 is 2.45 bits per heavy atom. The van der Waals surface area contributed by atoms with E-state index in [2.05, 4.69) is 10.6 Å². The van der Waals surface area contributed by atoms with E-state index in [-0.39, 0.29) is 32.3 Å². The number of alkyl halides is 6. The molecular weight excluding hydrogens is 532 g/mol. The molecule has 0 bridgehead atoms. The van der Waals surface area contributed by atoms with Gasteiger partial charge in [-0.3, -0.25) is 4.79 Å². The van der Waals surface area contributed by atoms with E-state index in [1.54, 1.807) is 24.3 Å². The van der Waals surface area contributed by atoms with E-state index < -0.39 is 39.8 Å². The Balaban J connectivity index is 1.66. The Bertz CT molecular complexity index is 1160. The van der Waals surface area contributed by atoms with E-state index in [0.717, 1.165) is 50.2 Å². The maximum atomic E-state index is 14.2. The molecule has 2 aromatic carbocycles. The molecule has 2 aliphatic heterocycles. The number of hydrogen-bond acceptors (Lipinski definition) is 5. The second-order valence-electron chi connectivity index (χ2n) is 8.99. The topological polar surface area (TPSA) is 53.6 Å². The first-order valence-electron chi connectivity index (χ1n) is 12.1. The fourth-order valence-electron chi connectivity index (χ4n) is 4.45. The summed E-state index contributed by atoms with van der Waals surface area (Å²) in [5.41, 5.74) is -3.64. The highest BCUT2D eigenvalue weighted by atomic mass is 32.2. The van der Waals surface area contributed by atoms with E-state index in [9.17, 15) is 31.1 Å². The molecule has 1 atom stereocenters. The molecule has 1 amide bonds. The number of benzene rings is 2. The van der Waals surface area contributed by atoms with Crippen LogP contribution >= 0.6 is 11.8 Å². The number of halogens is 6. The fraction of sp³-hybridized carbons (Fsp3) is 0.423. The van der Waals surface area contributed by atoms with Crippen molar-refractivity contribution < 1.29 is 35.9 Å². The van der Waals surface area contributed by atoms with E-state index in [1.165, 1.54) is 4.90 Å². The molecule has 1 unspecified atom stereocenters. The van der Waals surface area contributed by atoms with Crippen LogP contribution in [0.25, 0.3) is 6.08 Å². The van der Waals surface area contributed by atoms with Crippen molar-refractivity contribution in [2.75, 3.05) is 44.7 Å². The molecule has 0 radical (unpaired) electrons. The molecule has 2 aromatic rings. The summed E-state index contributed by atoms with van der Waals surface area (Å²) in [4.78, 5) is 13.5. The van der Waals surface area contributed by atoms with Crippen LogP contribution in [0.4, 0.5) is 32.0 Å². The minimum Gasteiger partial charge on any atom is -0.381 e. The fourth-order valence-corrected chi connectivity index (χ4v) is 5.49. The Morgan fingerprint density at radius 2 is 1.79 bits per heavy atom. The summed E-state index contributed by atoms with van der Waals surface area (Å²) in [7, 11) is 0. The zero-order valence-electron chi connectivity index (χ0n) is 20.3. The highest BCUT2D eigenvalue weighted by Crippen LogP contribution is 2.48. The van der Waals surface area contributed by atoms with Crippen LogP contribution in [-0.2, 0) is 21.9 Å². The van der Waals surface area contributed by atoms with Crippen LogP contribution in [0.3, 0.4) is 0 Å². The minimum atomic E-state index is -5.31. The lowest BCUT2D eigenvalue weighted by molar-refractivity contribution is -0.163. The monoisotopic (exact) mass is 559 g/mol. The van der Waals surface area contributed by atoms with Crippen molar-refractivity contribution in [2.45, 2.75) is 41.0 Å². The summed E-state index contributed by atoms with van der Waals surface area (Å²) < 4.78 is 89.9. The van der Waals surface area contributed by atoms with Crippen molar-refractivity contribution in [2.24, 2.45) is 0 Å². The number of hydrogen-bond donors (Lipinski definition) is 2. The summed E-state index contributed by atoms with van der Waals surface area (Å²) in [6, 6.07) is 8.74. The highest BCUT2D eigenvalue weighted by molar-refractivity contribution is 7.99. The second-order valence-corrected chi connectivity index (χ2v) is 10.1. The molecule has 0 aromatic heterocycles. The Kier molecular flexibility index (Phi) is 8.94. The second kappa shape index (κ2) is 12.0. The first kappa shape index (κ1) is 28.3. The van der Waals surface area contributed by atoms with Gasteiger partial charge in [0.25, 0.3) is 0 Å². The van der Waals surface area contributed by atoms with Gasteiger partial charge in [-0.25, -0.2) is 0 Å². The van der Waals surface area contributed by atoms with Crippen molar-refractivity contribution in [1.29, 1.82) is 0 Å². The highest BCUT2D eigenvalue weighted by Gasteiger charge is 2.46. The number of rotatable bonds is 6. The van der Waals surface area contributed by atoms with Crippen LogP contribution in [0.15, 0.2) is 52.3 Å². The van der Waals surface area contributed by atoms with Crippen LogP contribution in [-0.4, -0.2) is 56.2 Å². The summed E-state index contributed by atoms with van der Waals surface area (Å²) >= 11 is 0.615. The van der Waals surface area contributed by atoms with Gasteiger partial charge in [-0.05, 0) is 55.3 Å². The molecule has 2 heterocycles. The molecule has 38 heavy (non-hydrogen) atoms. The Morgan fingerprint density at radius 1 is 1.05 bits per heavy atom. The molecule has 206 valence electrons. The van der Waals surface area contributed by atoms with Gasteiger partial charge in [0.15, 0.2) is 0 Å². The van der Waals surface area contributed by atoms with Gasteiger partial charge in [-0.1, -0.05) is 23.9 Å². The van der Waals surface area contributed by atoms with Crippen LogP contribution in [0.1, 0.15) is 29.5 Å². The third-order valence-corrected chi connectivity index (χ3v) is 7.27. The van der Waals surface area contributed by atoms with Gasteiger partial charge in [0.2, 0.25) is 5.91 Å². The maximum absolute atomic E-state index is 14.2. The molecule has 0 spiro atoms. The Labute approximate surface area is 220 Å². The lowest BCUT2D eigenvalue weighted by Crippen LogP contribution is -2.39. The lowest BCUT2D eigenvalue weighted by Gasteiger charge is -2.25. The third-order valence-electron chi connectivity index (χ3n) is 6.22. The number of nitrogens with one attached hydrogen (secondary N) is 2. The number of piperidine rings is 1. The average molecular weight is 560 g/mol. The van der Waals surface area contributed by atoms with Gasteiger partial charge >= 0.3 is 12.4 Å². The summed E-state index contributed by atoms with van der Waals surface area (Å²) in [6.07, 6.45) is -7.00. The predicted molar refractivity (Wildman–Crippen MR) is 133 cm³/mol. The zero-order chi connectivity index (χ0) is 27.3. The Hall–Kier alpha value is -2.70. The number of nitrogens with zero attached hydrogens (tertiary/aromatic N) is 1. The molecule has 0 saturated carbocycles. The summed E-state index contributed by atoms with van der Waals surface area (Å²) in [6.45, 7) is 2.74. The SMILES string of the molecule is O=C(C=Cc1ccc(Sc2cccc(NC3CCCNC3)c2)c(C(F)(F)F)c1C(F)(F)F)N1CCOCC1. The van der Waals surface area contributed by atoms with Gasteiger partial charge in [0.1, 0.15) is 0 Å². The van der Waals surface area contributed by atoms with Crippen molar-refractivity contribution in [3.05, 3.63) is 59.2 Å². The van der Waals surface area contributed by atoms with Gasteiger partial charge in [-0.2, -0.15) is 26.3 Å². The van der Waals surface area contributed by atoms with Crippen molar-refractivity contribution in [3.8, 4) is 0 Å². The molecule has 12 heteroatoms. The van der Waals surface area contributed by atoms with Gasteiger partial charge in [0.05, 0.1) is 24.3 Å². The number of carbonyl (C=O) groups is 1. The van der Waals surface area contributed by atoms with E-state index in [0.29, 0.717) is 22.3 Å². The number of carbonyl (C=O) groups excluding carboxylic acids is 1. The van der Waals surface area contributed by atoms with E-state index in [4.69, 9.17) is 4.74 Å². The average Bonchev–Trinajstić information content (AvgIpc) is 2.87. The standard InChI is InChI=1S/C26H27F6N3O2S/c27-25(28,29)23-17(7-9-22(36)35-11-13-37-14-12-35)6-8-21(24(23)26(30,31)32)38-20-5-1-3-18(15-20)34-19-4-2-10-33-16-19/h1,3,5-9,15,19,33-34H,2,4,10-14,16H2. The first-order chi connectivity index (χ1) is 18.0. The molecule has 2 saturated heterocycles. The van der Waals surface area contributed by atoms with Crippen LogP contribution in [0, 0.1) is 0 Å². The van der Waals surface area contributed by atoms with Gasteiger partial charge in [0, 0.05) is 47.2 Å². The first-order valence-corrected chi connectivity index (χ1v) is 13.0. The molecule has 5 nitrogen and oxygen atoms in total. The lowest BCUT2D eigenvalue weighted by atomic mass is 9.99. The minimum absolute atomic E-state index is 0.151. The smallest absolute Gasteiger partial charge is 0.381 e. The number of ether oxygens (including phenoxy) is 1. The maximum Gasteiger partial charge on any atom is 0.418 e. The summed E-state index contributed by atoms with van der Waals surface area (Å²) in [5, 5.41) is 6.58. The molecule has 2 fully saturated rings. The molecular formula is C26H27F6N3O2S. The zero-order valence-corrected chi connectivity index (χ0v) is 21.1. The molecule has 2 N–H and O–H groups in total. The molecule has 2 aliphatic rings.